The van der Waals surface area contributed by atoms with Crippen LogP contribution in [0.3, 0.4) is 0 Å². The number of rotatable bonds is 18. The summed E-state index contributed by atoms with van der Waals surface area (Å²) in [5.41, 5.74) is 0. The molecule has 0 aliphatic heterocycles. The maximum Gasteiger partial charge on any atom is 1.00 e. The van der Waals surface area contributed by atoms with Crippen LogP contribution in [0.1, 0.15) is 103 Å². The van der Waals surface area contributed by atoms with E-state index in [1.807, 2.05) is 7.05 Å². The molecule has 0 aromatic heterocycles. The van der Waals surface area contributed by atoms with Gasteiger partial charge in [0.05, 0.1) is 0 Å². The van der Waals surface area contributed by atoms with Crippen LogP contribution in [-0.2, 0) is 4.79 Å². The summed E-state index contributed by atoms with van der Waals surface area (Å²) < 4.78 is 0. The quantitative estimate of drug-likeness (QED) is 0.278. The number of hydrogen-bond donors (Lipinski definition) is 0. The Labute approximate surface area is 173 Å². The summed E-state index contributed by atoms with van der Waals surface area (Å²) in [5, 5.41) is 10.4. The fourth-order valence-electron chi connectivity index (χ4n) is 2.97. The van der Waals surface area contributed by atoms with Crippen LogP contribution in [-0.4, -0.2) is 31.0 Å². The van der Waals surface area contributed by atoms with Gasteiger partial charge in [-0.05, 0) is 26.4 Å². The van der Waals surface area contributed by atoms with Crippen LogP contribution in [0, 0.1) is 0 Å². The van der Waals surface area contributed by atoms with Gasteiger partial charge in [0.25, 0.3) is 0 Å². The standard InChI is InChI=1S/C20H41NO2.Na/c1-3-4-5-6-7-8-9-10-11-12-13-14-15-16-18-21(2)19-17-20(22)23;/h3-19H2,1-2H3,(H,22,23);/q;+1/p-1. The van der Waals surface area contributed by atoms with E-state index in [0.29, 0.717) is 6.54 Å². The van der Waals surface area contributed by atoms with Crippen LogP contribution in [0.4, 0.5) is 0 Å². The van der Waals surface area contributed by atoms with Crippen molar-refractivity contribution in [2.45, 2.75) is 103 Å². The van der Waals surface area contributed by atoms with E-state index < -0.39 is 5.97 Å². The van der Waals surface area contributed by atoms with Crippen molar-refractivity contribution in [3.05, 3.63) is 0 Å². The van der Waals surface area contributed by atoms with E-state index in [9.17, 15) is 9.90 Å². The molecule has 0 N–H and O–H groups in total. The molecule has 0 spiro atoms. The van der Waals surface area contributed by atoms with E-state index in [1.165, 1.54) is 89.9 Å². The minimum absolute atomic E-state index is 0. The summed E-state index contributed by atoms with van der Waals surface area (Å²) in [6.07, 6.45) is 19.4. The molecule has 0 fully saturated rings. The molecular formula is C20H40NNaO2. The van der Waals surface area contributed by atoms with Crippen molar-refractivity contribution in [3.8, 4) is 0 Å². The molecule has 0 aromatic carbocycles. The molecule has 0 aromatic rings. The topological polar surface area (TPSA) is 43.4 Å². The number of unbranched alkanes of at least 4 members (excludes halogenated alkanes) is 13. The van der Waals surface area contributed by atoms with Gasteiger partial charge in [0.2, 0.25) is 0 Å². The number of nitrogens with zero attached hydrogens (tertiary/aromatic N) is 1. The zero-order valence-corrected chi connectivity index (χ0v) is 18.8. The van der Waals surface area contributed by atoms with Crippen LogP contribution in [0.15, 0.2) is 0 Å². The Morgan fingerprint density at radius 1 is 0.708 bits per heavy atom. The first-order valence-corrected chi connectivity index (χ1v) is 10.0. The number of carbonyl (C=O) groups excluding carboxylic acids is 1. The summed E-state index contributed by atoms with van der Waals surface area (Å²) in [6, 6.07) is 0. The van der Waals surface area contributed by atoms with E-state index in [4.69, 9.17) is 0 Å². The van der Waals surface area contributed by atoms with Gasteiger partial charge in [0.1, 0.15) is 0 Å². The van der Waals surface area contributed by atoms with E-state index in [1.54, 1.807) is 0 Å². The Morgan fingerprint density at radius 3 is 1.46 bits per heavy atom. The molecule has 3 nitrogen and oxygen atoms in total. The Hall–Kier alpha value is 0.430. The second-order valence-electron chi connectivity index (χ2n) is 7.02. The van der Waals surface area contributed by atoms with Crippen LogP contribution in [0.25, 0.3) is 0 Å². The van der Waals surface area contributed by atoms with Crippen molar-refractivity contribution in [2.75, 3.05) is 20.1 Å². The average Bonchev–Trinajstić information content (AvgIpc) is 2.53. The monoisotopic (exact) mass is 349 g/mol. The molecular weight excluding hydrogens is 309 g/mol. The summed E-state index contributed by atoms with van der Waals surface area (Å²) in [5.74, 6) is -0.946. The van der Waals surface area contributed by atoms with Crippen molar-refractivity contribution < 1.29 is 39.5 Å². The average molecular weight is 350 g/mol. The molecule has 0 atom stereocenters. The number of carboxylic acids is 1. The fourth-order valence-corrected chi connectivity index (χ4v) is 2.97. The van der Waals surface area contributed by atoms with Gasteiger partial charge in [-0.3, -0.25) is 0 Å². The van der Waals surface area contributed by atoms with Gasteiger partial charge in [-0.2, -0.15) is 0 Å². The first-order chi connectivity index (χ1) is 11.2. The fraction of sp³-hybridized carbons (Fsp3) is 0.950. The van der Waals surface area contributed by atoms with Gasteiger partial charge in [-0.25, -0.2) is 0 Å². The van der Waals surface area contributed by atoms with Crippen molar-refractivity contribution in [3.63, 3.8) is 0 Å². The number of carboxylic acid groups (broad SMARTS) is 1. The predicted molar refractivity (Wildman–Crippen MR) is 97.4 cm³/mol. The van der Waals surface area contributed by atoms with Gasteiger partial charge < -0.3 is 14.8 Å². The molecule has 0 amide bonds. The second kappa shape index (κ2) is 21.5. The molecule has 0 bridgehead atoms. The molecule has 0 saturated heterocycles. The zero-order valence-electron chi connectivity index (χ0n) is 16.8. The third kappa shape index (κ3) is 22.4. The smallest absolute Gasteiger partial charge is 0.550 e. The summed E-state index contributed by atoms with van der Waals surface area (Å²) in [6.45, 7) is 3.89. The minimum Gasteiger partial charge on any atom is -0.550 e. The van der Waals surface area contributed by atoms with E-state index in [-0.39, 0.29) is 36.0 Å². The van der Waals surface area contributed by atoms with Gasteiger partial charge in [0, 0.05) is 12.5 Å². The second-order valence-corrected chi connectivity index (χ2v) is 7.02. The Balaban J connectivity index is 0. The molecule has 24 heavy (non-hydrogen) atoms. The molecule has 0 aliphatic rings. The van der Waals surface area contributed by atoms with Crippen molar-refractivity contribution >= 4 is 5.97 Å². The minimum atomic E-state index is -0.946. The summed E-state index contributed by atoms with van der Waals surface area (Å²) in [4.78, 5) is 12.5. The molecule has 0 unspecified atom stereocenters. The Bertz CT molecular complexity index is 262. The SMILES string of the molecule is CCCCCCCCCCCCCCCCN(C)CCC(=O)[O-].[Na+]. The summed E-state index contributed by atoms with van der Waals surface area (Å²) in [7, 11) is 1.99. The molecule has 138 valence electrons. The van der Waals surface area contributed by atoms with Gasteiger partial charge >= 0.3 is 29.6 Å². The molecule has 4 heteroatoms. The Morgan fingerprint density at radius 2 is 1.08 bits per heavy atom. The zero-order chi connectivity index (χ0) is 17.2. The Kier molecular flexibility index (Phi) is 23.8. The largest absolute Gasteiger partial charge is 1.00 e. The molecule has 0 saturated carbocycles. The van der Waals surface area contributed by atoms with Gasteiger partial charge in [-0.1, -0.05) is 90.4 Å². The number of aliphatic carboxylic acids is 1. The van der Waals surface area contributed by atoms with Gasteiger partial charge in [-0.15, -0.1) is 0 Å². The summed E-state index contributed by atoms with van der Waals surface area (Å²) >= 11 is 0. The number of hydrogen-bond acceptors (Lipinski definition) is 3. The molecule has 0 rings (SSSR count). The molecule has 0 aliphatic carbocycles. The molecule has 0 heterocycles. The third-order valence-electron chi connectivity index (χ3n) is 4.59. The normalized spacial score (nSPS) is 10.8. The van der Waals surface area contributed by atoms with Crippen molar-refractivity contribution in [1.82, 2.24) is 4.90 Å². The van der Waals surface area contributed by atoms with Crippen molar-refractivity contribution in [1.29, 1.82) is 0 Å². The first kappa shape index (κ1) is 26.7. The number of carbonyl (C=O) groups is 1. The van der Waals surface area contributed by atoms with Crippen LogP contribution in [0.2, 0.25) is 0 Å². The predicted octanol–water partition coefficient (Wildman–Crippen LogP) is 1.54. The van der Waals surface area contributed by atoms with Gasteiger partial charge in [0.15, 0.2) is 0 Å². The van der Waals surface area contributed by atoms with Crippen LogP contribution >= 0.6 is 0 Å². The van der Waals surface area contributed by atoms with Crippen LogP contribution < -0.4 is 34.7 Å². The van der Waals surface area contributed by atoms with Crippen LogP contribution in [0.5, 0.6) is 0 Å². The maximum absolute atomic E-state index is 10.4. The molecule has 0 radical (unpaired) electrons. The third-order valence-corrected chi connectivity index (χ3v) is 4.59. The maximum atomic E-state index is 10.4. The van der Waals surface area contributed by atoms with Crippen molar-refractivity contribution in [2.24, 2.45) is 0 Å². The van der Waals surface area contributed by atoms with E-state index in [0.717, 1.165) is 6.54 Å². The van der Waals surface area contributed by atoms with E-state index >= 15 is 0 Å². The first-order valence-electron chi connectivity index (χ1n) is 10.0. The van der Waals surface area contributed by atoms with E-state index in [2.05, 4.69) is 11.8 Å².